The number of fused-ring (bicyclic) bond motifs is 2. The smallest absolute Gasteiger partial charge is 0.337 e. The third-order valence-electron chi connectivity index (χ3n) is 7.35. The van der Waals surface area contributed by atoms with Crippen molar-refractivity contribution in [3.63, 3.8) is 0 Å². The minimum Gasteiger partial charge on any atom is -0.493 e. The van der Waals surface area contributed by atoms with E-state index in [1.54, 1.807) is 64.1 Å². The van der Waals surface area contributed by atoms with E-state index in [0.29, 0.717) is 44.7 Å². The second-order valence-electron chi connectivity index (χ2n) is 11.6. The third kappa shape index (κ3) is 5.84. The zero-order valence-corrected chi connectivity index (χ0v) is 25.8. The molecule has 0 bridgehead atoms. The second kappa shape index (κ2) is 11.2. The molecule has 0 fully saturated rings. The van der Waals surface area contributed by atoms with Gasteiger partial charge in [-0.1, -0.05) is 41.9 Å². The molecule has 4 aromatic rings. The van der Waals surface area contributed by atoms with E-state index in [4.69, 9.17) is 21.1 Å². The van der Waals surface area contributed by atoms with Crippen molar-refractivity contribution < 1.29 is 27.8 Å². The summed E-state index contributed by atoms with van der Waals surface area (Å²) in [7, 11) is -4.10. The van der Waals surface area contributed by atoms with E-state index in [1.165, 1.54) is 6.07 Å². The monoisotopic (exact) mass is 607 g/mol. The lowest BCUT2D eigenvalue weighted by atomic mass is 9.86. The molecule has 0 aliphatic carbocycles. The Morgan fingerprint density at radius 2 is 1.76 bits per heavy atom. The maximum Gasteiger partial charge on any atom is 0.337 e. The van der Waals surface area contributed by atoms with Crippen molar-refractivity contribution in [1.82, 2.24) is 0 Å². The lowest BCUT2D eigenvalue weighted by Crippen LogP contribution is -2.28. The van der Waals surface area contributed by atoms with Crippen LogP contribution in [0.4, 0.5) is 5.69 Å². The van der Waals surface area contributed by atoms with E-state index >= 15 is 0 Å². The molecule has 0 radical (unpaired) electrons. The Morgan fingerprint density at radius 1 is 1.05 bits per heavy atom. The van der Waals surface area contributed by atoms with Crippen LogP contribution in [0.25, 0.3) is 21.9 Å². The summed E-state index contributed by atoms with van der Waals surface area (Å²) in [4.78, 5) is 12.8. The van der Waals surface area contributed by atoms with E-state index in [1.807, 2.05) is 25.1 Å². The lowest BCUT2D eigenvalue weighted by molar-refractivity contribution is -0.160. The maximum atomic E-state index is 13.8. The van der Waals surface area contributed by atoms with Gasteiger partial charge in [0.15, 0.2) is 6.10 Å². The molecule has 0 aromatic heterocycles. The van der Waals surface area contributed by atoms with Gasteiger partial charge in [-0.05, 0) is 106 Å². The van der Waals surface area contributed by atoms with E-state index in [9.17, 15) is 18.3 Å². The number of ether oxygens (including phenoxy) is 2. The van der Waals surface area contributed by atoms with Crippen LogP contribution in [0.5, 0.6) is 5.75 Å². The summed E-state index contributed by atoms with van der Waals surface area (Å²) >= 11 is 6.35. The molecule has 0 saturated heterocycles. The predicted molar refractivity (Wildman–Crippen MR) is 166 cm³/mol. The Morgan fingerprint density at radius 3 is 2.45 bits per heavy atom. The number of anilines is 1. The largest absolute Gasteiger partial charge is 0.493 e. The average molecular weight is 608 g/mol. The van der Waals surface area contributed by atoms with Crippen LogP contribution in [0.3, 0.4) is 0 Å². The Balaban J connectivity index is 1.71. The Kier molecular flexibility index (Phi) is 8.00. The molecule has 5 rings (SSSR count). The third-order valence-corrected chi connectivity index (χ3v) is 9.11. The first-order valence-electron chi connectivity index (χ1n) is 13.8. The molecule has 1 heterocycles. The number of benzene rings is 4. The number of aliphatic carboxylic acids is 1. The SMILES string of the molecule is Cc1cc(NS(=O)(=O)c2ccc(Cl)c3ccccc23)c(C)c(C(OC(C)(C)C)C(=O)O)c1-c1ccc2c(c1)CCCO2. The number of sulfonamides is 1. The van der Waals surface area contributed by atoms with E-state index in [-0.39, 0.29) is 10.6 Å². The van der Waals surface area contributed by atoms with E-state index < -0.39 is 27.7 Å². The molecule has 1 atom stereocenters. The van der Waals surface area contributed by atoms with Gasteiger partial charge in [0.1, 0.15) is 5.75 Å². The highest BCUT2D eigenvalue weighted by molar-refractivity contribution is 7.93. The summed E-state index contributed by atoms with van der Waals surface area (Å²) in [5, 5.41) is 12.0. The fraction of sp³-hybridized carbons (Fsp3) is 0.303. The van der Waals surface area contributed by atoms with Crippen LogP contribution in [-0.2, 0) is 26.0 Å². The van der Waals surface area contributed by atoms with Gasteiger partial charge in [0.2, 0.25) is 0 Å². The van der Waals surface area contributed by atoms with Crippen LogP contribution in [0.15, 0.2) is 65.6 Å². The van der Waals surface area contributed by atoms with E-state index in [2.05, 4.69) is 4.72 Å². The lowest BCUT2D eigenvalue weighted by Gasteiger charge is -2.30. The van der Waals surface area contributed by atoms with Crippen LogP contribution in [-0.4, -0.2) is 31.7 Å². The molecule has 1 aliphatic heterocycles. The van der Waals surface area contributed by atoms with Gasteiger partial charge in [-0.2, -0.15) is 0 Å². The Labute approximate surface area is 251 Å². The molecular formula is C33H34ClNO6S. The summed E-state index contributed by atoms with van der Waals surface area (Å²) in [5.41, 5.74) is 3.60. The number of carboxylic acids is 1. The topological polar surface area (TPSA) is 102 Å². The van der Waals surface area contributed by atoms with Gasteiger partial charge >= 0.3 is 5.97 Å². The molecule has 1 aliphatic rings. The molecule has 1 unspecified atom stereocenters. The standard InChI is InChI=1S/C33H34ClNO6S/c1-19-17-26(35-42(38,39)28-15-13-25(34)23-10-6-7-11-24(23)28)20(2)30(31(32(36)37)41-33(3,4)5)29(19)22-12-14-27-21(18-22)9-8-16-40-27/h6-7,10-15,17-18,31,35H,8-9,16H2,1-5H3,(H,36,37). The zero-order chi connectivity index (χ0) is 30.4. The van der Waals surface area contributed by atoms with Crippen molar-refractivity contribution in [2.24, 2.45) is 0 Å². The molecule has 7 nitrogen and oxygen atoms in total. The summed E-state index contributed by atoms with van der Waals surface area (Å²) < 4.78 is 42.3. The first kappa shape index (κ1) is 29.9. The average Bonchev–Trinajstić information content (AvgIpc) is 2.92. The van der Waals surface area contributed by atoms with Crippen LogP contribution in [0.1, 0.15) is 55.5 Å². The number of hydrogen-bond acceptors (Lipinski definition) is 5. The summed E-state index contributed by atoms with van der Waals surface area (Å²) in [5.74, 6) is -0.347. The second-order valence-corrected chi connectivity index (χ2v) is 13.6. The fourth-order valence-electron chi connectivity index (χ4n) is 5.53. The van der Waals surface area contributed by atoms with Crippen LogP contribution >= 0.6 is 11.6 Å². The normalized spacial score (nSPS) is 14.2. The number of hydrogen-bond donors (Lipinski definition) is 2. The van der Waals surface area contributed by atoms with Crippen molar-refractivity contribution >= 4 is 44.1 Å². The summed E-state index contributed by atoms with van der Waals surface area (Å²) in [6.07, 6.45) is 0.392. The van der Waals surface area contributed by atoms with Gasteiger partial charge in [-0.15, -0.1) is 0 Å². The quantitative estimate of drug-likeness (QED) is 0.222. The molecule has 0 spiro atoms. The Bertz CT molecular complexity index is 1810. The molecule has 9 heteroatoms. The number of halogens is 1. The first-order chi connectivity index (χ1) is 19.8. The highest BCUT2D eigenvalue weighted by Gasteiger charge is 2.33. The maximum absolute atomic E-state index is 13.8. The van der Waals surface area contributed by atoms with E-state index in [0.717, 1.165) is 29.7 Å². The molecule has 0 amide bonds. The highest BCUT2D eigenvalue weighted by atomic mass is 35.5. The molecule has 220 valence electrons. The fourth-order valence-corrected chi connectivity index (χ4v) is 7.08. The highest BCUT2D eigenvalue weighted by Crippen LogP contribution is 2.43. The number of aryl methyl sites for hydroxylation is 2. The number of rotatable bonds is 7. The first-order valence-corrected chi connectivity index (χ1v) is 15.6. The number of carbonyl (C=O) groups is 1. The molecule has 2 N–H and O–H groups in total. The summed E-state index contributed by atoms with van der Waals surface area (Å²) in [6.45, 7) is 9.60. The van der Waals surface area contributed by atoms with Gasteiger partial charge in [0.25, 0.3) is 10.0 Å². The van der Waals surface area contributed by atoms with Gasteiger partial charge in [0, 0.05) is 21.4 Å². The Hall–Kier alpha value is -3.59. The number of carboxylic acid groups (broad SMARTS) is 1. The molecule has 42 heavy (non-hydrogen) atoms. The zero-order valence-electron chi connectivity index (χ0n) is 24.2. The van der Waals surface area contributed by atoms with Crippen molar-refractivity contribution in [1.29, 1.82) is 0 Å². The van der Waals surface area contributed by atoms with Gasteiger partial charge in [0.05, 0.1) is 22.8 Å². The van der Waals surface area contributed by atoms with Gasteiger partial charge in [-0.3, -0.25) is 4.72 Å². The molecule has 0 saturated carbocycles. The number of nitrogens with one attached hydrogen (secondary N) is 1. The van der Waals surface area contributed by atoms with Crippen molar-refractivity contribution in [2.75, 3.05) is 11.3 Å². The van der Waals surface area contributed by atoms with Gasteiger partial charge < -0.3 is 14.6 Å². The minimum absolute atomic E-state index is 0.0700. The molecular weight excluding hydrogens is 574 g/mol. The van der Waals surface area contributed by atoms with Crippen molar-refractivity contribution in [3.05, 3.63) is 87.9 Å². The predicted octanol–water partition coefficient (Wildman–Crippen LogP) is 7.84. The minimum atomic E-state index is -4.10. The van der Waals surface area contributed by atoms with Gasteiger partial charge in [-0.25, -0.2) is 13.2 Å². The van der Waals surface area contributed by atoms with Crippen LogP contribution in [0, 0.1) is 13.8 Å². The van der Waals surface area contributed by atoms with Crippen LogP contribution < -0.4 is 9.46 Å². The van der Waals surface area contributed by atoms with Crippen molar-refractivity contribution in [3.8, 4) is 16.9 Å². The summed E-state index contributed by atoms with van der Waals surface area (Å²) in [6, 6.07) is 17.7. The van der Waals surface area contributed by atoms with Crippen LogP contribution in [0.2, 0.25) is 5.02 Å². The molecule has 4 aromatic carbocycles. The van der Waals surface area contributed by atoms with Crippen molar-refractivity contribution in [2.45, 2.75) is 64.1 Å².